The number of pyridine rings is 1. The first kappa shape index (κ1) is 12.8. The van der Waals surface area contributed by atoms with Crippen LogP contribution in [0.1, 0.15) is 0 Å². The molecule has 2 aromatic carbocycles. The van der Waals surface area contributed by atoms with Crippen molar-refractivity contribution < 1.29 is 19.0 Å². The molecule has 0 bridgehead atoms. The largest absolute Gasteiger partial charge is 0.508 e. The molecule has 1 N–H and O–H groups in total. The molecule has 0 atom stereocenters. The lowest BCUT2D eigenvalue weighted by Crippen LogP contribution is -1.89. The summed E-state index contributed by atoms with van der Waals surface area (Å²) in [5.74, 6) is 1.44. The van der Waals surface area contributed by atoms with Gasteiger partial charge in [0.1, 0.15) is 16.8 Å². The summed E-state index contributed by atoms with van der Waals surface area (Å²) in [7, 11) is 3.18. The van der Waals surface area contributed by atoms with Gasteiger partial charge in [-0.3, -0.25) is 0 Å². The SMILES string of the molecule is COc1cc2oc3cc4cc(O)ccc4nc3c2cc1OC. The summed E-state index contributed by atoms with van der Waals surface area (Å²) in [6.45, 7) is 0. The lowest BCUT2D eigenvalue weighted by Gasteiger charge is -2.06. The second-order valence-electron chi connectivity index (χ2n) is 5.02. The van der Waals surface area contributed by atoms with Crippen LogP contribution in [0.15, 0.2) is 40.8 Å². The fraction of sp³-hybridized carbons (Fsp3) is 0.118. The van der Waals surface area contributed by atoms with Gasteiger partial charge in [0.05, 0.1) is 25.1 Å². The molecule has 5 heteroatoms. The second kappa shape index (κ2) is 4.53. The molecule has 2 aromatic heterocycles. The van der Waals surface area contributed by atoms with Crippen LogP contribution in [0.5, 0.6) is 17.2 Å². The van der Waals surface area contributed by atoms with E-state index >= 15 is 0 Å². The first-order valence-corrected chi connectivity index (χ1v) is 6.77. The van der Waals surface area contributed by atoms with Crippen LogP contribution >= 0.6 is 0 Å². The highest BCUT2D eigenvalue weighted by molar-refractivity contribution is 6.07. The standard InChI is InChI=1S/C17H13NO4/c1-20-14-7-11-13(8-15(14)21-2)22-16-6-9-5-10(19)3-4-12(9)18-17(11)16/h3-8,19H,1-2H3. The molecular formula is C17H13NO4. The minimum Gasteiger partial charge on any atom is -0.508 e. The second-order valence-corrected chi connectivity index (χ2v) is 5.02. The molecule has 0 radical (unpaired) electrons. The molecule has 22 heavy (non-hydrogen) atoms. The number of benzene rings is 2. The van der Waals surface area contributed by atoms with Crippen molar-refractivity contribution >= 4 is 33.0 Å². The quantitative estimate of drug-likeness (QED) is 0.608. The molecule has 4 rings (SSSR count). The Hall–Kier alpha value is -2.95. The van der Waals surface area contributed by atoms with E-state index in [1.165, 1.54) is 0 Å². The Morgan fingerprint density at radius 2 is 1.73 bits per heavy atom. The molecule has 0 saturated carbocycles. The van der Waals surface area contributed by atoms with Crippen molar-refractivity contribution in [2.24, 2.45) is 0 Å². The molecular weight excluding hydrogens is 282 g/mol. The maximum Gasteiger partial charge on any atom is 0.164 e. The molecule has 0 saturated heterocycles. The predicted octanol–water partition coefficient (Wildman–Crippen LogP) is 3.86. The molecule has 0 unspecified atom stereocenters. The maximum absolute atomic E-state index is 9.59. The van der Waals surface area contributed by atoms with Gasteiger partial charge in [-0.2, -0.15) is 0 Å². The van der Waals surface area contributed by atoms with Crippen molar-refractivity contribution in [3.63, 3.8) is 0 Å². The number of phenols is 1. The summed E-state index contributed by atoms with van der Waals surface area (Å²) in [5, 5.41) is 11.3. The summed E-state index contributed by atoms with van der Waals surface area (Å²) in [4.78, 5) is 4.64. The van der Waals surface area contributed by atoms with Crippen LogP contribution in [-0.2, 0) is 0 Å². The number of methoxy groups -OCH3 is 2. The zero-order chi connectivity index (χ0) is 15.3. The average Bonchev–Trinajstić information content (AvgIpc) is 2.87. The molecule has 110 valence electrons. The molecule has 0 aliphatic rings. The number of furan rings is 1. The Balaban J connectivity index is 2.11. The fourth-order valence-electron chi connectivity index (χ4n) is 2.66. The number of rotatable bonds is 2. The Labute approximate surface area is 125 Å². The van der Waals surface area contributed by atoms with Crippen LogP contribution < -0.4 is 9.47 Å². The smallest absolute Gasteiger partial charge is 0.164 e. The third-order valence-corrected chi connectivity index (χ3v) is 3.72. The van der Waals surface area contributed by atoms with Gasteiger partial charge < -0.3 is 19.0 Å². The van der Waals surface area contributed by atoms with E-state index in [1.54, 1.807) is 38.5 Å². The summed E-state index contributed by atoms with van der Waals surface area (Å²) >= 11 is 0. The van der Waals surface area contributed by atoms with Crippen molar-refractivity contribution in [1.82, 2.24) is 4.98 Å². The van der Waals surface area contributed by atoms with Gasteiger partial charge in [0.25, 0.3) is 0 Å². The summed E-state index contributed by atoms with van der Waals surface area (Å²) in [5.41, 5.74) is 2.89. The number of hydrogen-bond donors (Lipinski definition) is 1. The van der Waals surface area contributed by atoms with Crippen molar-refractivity contribution in [3.8, 4) is 17.2 Å². The van der Waals surface area contributed by atoms with Gasteiger partial charge in [-0.15, -0.1) is 0 Å². The summed E-state index contributed by atoms with van der Waals surface area (Å²) in [6, 6.07) is 10.6. The van der Waals surface area contributed by atoms with Crippen molar-refractivity contribution in [2.45, 2.75) is 0 Å². The Bertz CT molecular complexity index is 1020. The number of phenolic OH excluding ortho intramolecular Hbond substituents is 1. The number of aromatic nitrogens is 1. The molecule has 2 heterocycles. The maximum atomic E-state index is 9.59. The zero-order valence-electron chi connectivity index (χ0n) is 12.1. The van der Waals surface area contributed by atoms with Gasteiger partial charge in [0.2, 0.25) is 0 Å². The van der Waals surface area contributed by atoms with Gasteiger partial charge in [-0.1, -0.05) is 0 Å². The van der Waals surface area contributed by atoms with Crippen molar-refractivity contribution in [1.29, 1.82) is 0 Å². The van der Waals surface area contributed by atoms with E-state index in [0.717, 1.165) is 21.8 Å². The minimum absolute atomic E-state index is 0.202. The van der Waals surface area contributed by atoms with E-state index in [1.807, 2.05) is 12.1 Å². The van der Waals surface area contributed by atoms with Gasteiger partial charge in [-0.05, 0) is 30.3 Å². The molecule has 0 spiro atoms. The first-order chi connectivity index (χ1) is 10.7. The first-order valence-electron chi connectivity index (χ1n) is 6.77. The predicted molar refractivity (Wildman–Crippen MR) is 83.8 cm³/mol. The monoisotopic (exact) mass is 295 g/mol. The molecule has 0 aliphatic carbocycles. The molecule has 0 fully saturated rings. The number of fused-ring (bicyclic) bond motifs is 4. The molecule has 0 aliphatic heterocycles. The van der Waals surface area contributed by atoms with Gasteiger partial charge in [0.15, 0.2) is 17.1 Å². The average molecular weight is 295 g/mol. The third-order valence-electron chi connectivity index (χ3n) is 3.72. The van der Waals surface area contributed by atoms with E-state index in [-0.39, 0.29) is 5.75 Å². The highest BCUT2D eigenvalue weighted by Crippen LogP contribution is 2.37. The Kier molecular flexibility index (Phi) is 2.63. The summed E-state index contributed by atoms with van der Waals surface area (Å²) in [6.07, 6.45) is 0. The zero-order valence-corrected chi connectivity index (χ0v) is 12.1. The minimum atomic E-state index is 0.202. The topological polar surface area (TPSA) is 64.7 Å². The van der Waals surface area contributed by atoms with Crippen LogP contribution in [0.25, 0.3) is 33.0 Å². The van der Waals surface area contributed by atoms with Crippen LogP contribution in [0.3, 0.4) is 0 Å². The van der Waals surface area contributed by atoms with Gasteiger partial charge >= 0.3 is 0 Å². The van der Waals surface area contributed by atoms with Crippen molar-refractivity contribution in [2.75, 3.05) is 14.2 Å². The van der Waals surface area contributed by atoms with E-state index in [0.29, 0.717) is 22.7 Å². The van der Waals surface area contributed by atoms with Crippen LogP contribution in [0.4, 0.5) is 0 Å². The number of nitrogens with zero attached hydrogens (tertiary/aromatic N) is 1. The van der Waals surface area contributed by atoms with Crippen LogP contribution in [0, 0.1) is 0 Å². The van der Waals surface area contributed by atoms with Crippen LogP contribution in [-0.4, -0.2) is 24.3 Å². The molecule has 4 aromatic rings. The van der Waals surface area contributed by atoms with E-state index in [9.17, 15) is 5.11 Å². The van der Waals surface area contributed by atoms with Gasteiger partial charge in [-0.25, -0.2) is 4.98 Å². The fourth-order valence-corrected chi connectivity index (χ4v) is 2.66. The third kappa shape index (κ3) is 1.75. The molecule has 0 amide bonds. The lowest BCUT2D eigenvalue weighted by molar-refractivity contribution is 0.355. The van der Waals surface area contributed by atoms with E-state index in [2.05, 4.69) is 4.98 Å². The lowest BCUT2D eigenvalue weighted by atomic mass is 10.1. The number of hydrogen-bond acceptors (Lipinski definition) is 5. The van der Waals surface area contributed by atoms with Crippen molar-refractivity contribution in [3.05, 3.63) is 36.4 Å². The van der Waals surface area contributed by atoms with E-state index in [4.69, 9.17) is 13.9 Å². The highest BCUT2D eigenvalue weighted by atomic mass is 16.5. The molecule has 5 nitrogen and oxygen atoms in total. The summed E-state index contributed by atoms with van der Waals surface area (Å²) < 4.78 is 16.5. The van der Waals surface area contributed by atoms with Gasteiger partial charge in [0, 0.05) is 11.5 Å². The Morgan fingerprint density at radius 3 is 2.50 bits per heavy atom. The number of aromatic hydroxyl groups is 1. The normalized spacial score (nSPS) is 11.4. The number of ether oxygens (including phenoxy) is 2. The highest BCUT2D eigenvalue weighted by Gasteiger charge is 2.14. The van der Waals surface area contributed by atoms with E-state index < -0.39 is 0 Å². The van der Waals surface area contributed by atoms with Crippen LogP contribution in [0.2, 0.25) is 0 Å². The Morgan fingerprint density at radius 1 is 0.955 bits per heavy atom.